The van der Waals surface area contributed by atoms with E-state index in [1.54, 1.807) is 17.8 Å². The maximum absolute atomic E-state index is 13.0. The Hall–Kier alpha value is -1.56. The van der Waals surface area contributed by atoms with Gasteiger partial charge in [0.2, 0.25) is 5.91 Å². The molecule has 1 aromatic carbocycles. The lowest BCUT2D eigenvalue weighted by Gasteiger charge is -2.05. The van der Waals surface area contributed by atoms with Gasteiger partial charge in [0.1, 0.15) is 11.6 Å². The first-order valence-electron chi connectivity index (χ1n) is 6.07. The summed E-state index contributed by atoms with van der Waals surface area (Å²) in [6.45, 7) is 4.42. The van der Waals surface area contributed by atoms with Crippen LogP contribution in [0.2, 0.25) is 0 Å². The van der Waals surface area contributed by atoms with E-state index in [0.29, 0.717) is 34.4 Å². The maximum Gasteiger partial charge on any atom is 0.230 e. The molecular formula is C13H16FN3OS. The molecule has 0 aliphatic rings. The van der Waals surface area contributed by atoms with Crippen molar-refractivity contribution in [2.24, 2.45) is 0 Å². The van der Waals surface area contributed by atoms with Gasteiger partial charge in [-0.1, -0.05) is 13.8 Å². The van der Waals surface area contributed by atoms with Crippen LogP contribution in [-0.2, 0) is 11.3 Å². The molecule has 2 rings (SSSR count). The summed E-state index contributed by atoms with van der Waals surface area (Å²) < 4.78 is 13.0. The van der Waals surface area contributed by atoms with Crippen LogP contribution in [0, 0.1) is 5.82 Å². The summed E-state index contributed by atoms with van der Waals surface area (Å²) in [6, 6.07) is 4.37. The van der Waals surface area contributed by atoms with E-state index in [1.165, 1.54) is 12.1 Å². The fourth-order valence-corrected chi connectivity index (χ4v) is 2.18. The Labute approximate surface area is 115 Å². The van der Waals surface area contributed by atoms with E-state index in [-0.39, 0.29) is 11.7 Å². The predicted molar refractivity (Wildman–Crippen MR) is 75.5 cm³/mol. The highest BCUT2D eigenvalue weighted by Crippen LogP contribution is 2.13. The van der Waals surface area contributed by atoms with Gasteiger partial charge < -0.3 is 10.3 Å². The van der Waals surface area contributed by atoms with E-state index < -0.39 is 0 Å². The highest BCUT2D eigenvalue weighted by molar-refractivity contribution is 8.00. The number of imidazole rings is 1. The van der Waals surface area contributed by atoms with Crippen LogP contribution >= 0.6 is 11.8 Å². The molecule has 0 radical (unpaired) electrons. The second-order valence-electron chi connectivity index (χ2n) is 4.48. The SMILES string of the molecule is CC(C)SCC(=O)NCc1nc2ccc(F)cc2[nH]1. The Morgan fingerprint density at radius 2 is 2.32 bits per heavy atom. The number of H-pyrrole nitrogens is 1. The normalized spacial score (nSPS) is 11.2. The molecule has 0 bridgehead atoms. The van der Waals surface area contributed by atoms with Gasteiger partial charge in [0.05, 0.1) is 23.3 Å². The third kappa shape index (κ3) is 3.96. The summed E-state index contributed by atoms with van der Waals surface area (Å²) >= 11 is 1.59. The van der Waals surface area contributed by atoms with E-state index >= 15 is 0 Å². The van der Waals surface area contributed by atoms with E-state index in [0.717, 1.165) is 0 Å². The minimum absolute atomic E-state index is 0.0228. The number of fused-ring (bicyclic) bond motifs is 1. The number of aromatic nitrogens is 2. The third-order valence-electron chi connectivity index (χ3n) is 2.49. The van der Waals surface area contributed by atoms with Crippen molar-refractivity contribution in [2.75, 3.05) is 5.75 Å². The van der Waals surface area contributed by atoms with E-state index in [4.69, 9.17) is 0 Å². The number of hydrogen-bond donors (Lipinski definition) is 2. The van der Waals surface area contributed by atoms with Crippen molar-refractivity contribution < 1.29 is 9.18 Å². The van der Waals surface area contributed by atoms with Crippen LogP contribution in [0.3, 0.4) is 0 Å². The first-order valence-corrected chi connectivity index (χ1v) is 7.12. The summed E-state index contributed by atoms with van der Waals surface area (Å²) in [4.78, 5) is 18.8. The van der Waals surface area contributed by atoms with Gasteiger partial charge >= 0.3 is 0 Å². The Bertz CT molecular complexity index is 582. The van der Waals surface area contributed by atoms with Crippen molar-refractivity contribution in [3.63, 3.8) is 0 Å². The molecule has 0 spiro atoms. The summed E-state index contributed by atoms with van der Waals surface area (Å²) in [6.07, 6.45) is 0. The molecule has 1 aromatic heterocycles. The zero-order valence-corrected chi connectivity index (χ0v) is 11.7. The number of aromatic amines is 1. The standard InChI is InChI=1S/C13H16FN3OS/c1-8(2)19-7-13(18)15-6-12-16-10-4-3-9(14)5-11(10)17-12/h3-5,8H,6-7H2,1-2H3,(H,15,18)(H,16,17). The molecule has 19 heavy (non-hydrogen) atoms. The van der Waals surface area contributed by atoms with Crippen molar-refractivity contribution in [1.29, 1.82) is 0 Å². The Morgan fingerprint density at radius 3 is 3.05 bits per heavy atom. The lowest BCUT2D eigenvalue weighted by Crippen LogP contribution is -2.25. The number of nitrogens with one attached hydrogen (secondary N) is 2. The molecular weight excluding hydrogens is 265 g/mol. The van der Waals surface area contributed by atoms with Crippen LogP contribution in [-0.4, -0.2) is 26.9 Å². The summed E-state index contributed by atoms with van der Waals surface area (Å²) in [5.74, 6) is 0.737. The fraction of sp³-hybridized carbons (Fsp3) is 0.385. The molecule has 6 heteroatoms. The minimum atomic E-state index is -0.305. The molecule has 1 heterocycles. The van der Waals surface area contributed by atoms with Gasteiger partial charge in [-0.15, -0.1) is 11.8 Å². The van der Waals surface area contributed by atoms with Gasteiger partial charge in [-0.2, -0.15) is 0 Å². The summed E-state index contributed by atoms with van der Waals surface area (Å²) in [5, 5.41) is 3.21. The zero-order valence-electron chi connectivity index (χ0n) is 10.9. The van der Waals surface area contributed by atoms with Crippen LogP contribution < -0.4 is 5.32 Å². The van der Waals surface area contributed by atoms with Gasteiger partial charge in [-0.25, -0.2) is 9.37 Å². The lowest BCUT2D eigenvalue weighted by molar-refractivity contribution is -0.118. The number of thioether (sulfide) groups is 1. The average Bonchev–Trinajstić information content (AvgIpc) is 2.75. The second-order valence-corrected chi connectivity index (χ2v) is 6.05. The molecule has 0 saturated heterocycles. The predicted octanol–water partition coefficient (Wildman–Crippen LogP) is 2.46. The molecule has 1 amide bonds. The monoisotopic (exact) mass is 281 g/mol. The van der Waals surface area contributed by atoms with Crippen molar-refractivity contribution in [3.8, 4) is 0 Å². The first-order chi connectivity index (χ1) is 9.04. The smallest absolute Gasteiger partial charge is 0.230 e. The molecule has 0 atom stereocenters. The lowest BCUT2D eigenvalue weighted by atomic mass is 10.3. The molecule has 0 aliphatic carbocycles. The largest absolute Gasteiger partial charge is 0.348 e. The van der Waals surface area contributed by atoms with E-state index in [2.05, 4.69) is 15.3 Å². The molecule has 0 unspecified atom stereocenters. The number of carbonyl (C=O) groups excluding carboxylic acids is 1. The van der Waals surface area contributed by atoms with Crippen molar-refractivity contribution in [1.82, 2.24) is 15.3 Å². The second kappa shape index (κ2) is 6.06. The number of carbonyl (C=O) groups is 1. The highest BCUT2D eigenvalue weighted by Gasteiger charge is 2.07. The van der Waals surface area contributed by atoms with Crippen molar-refractivity contribution in [2.45, 2.75) is 25.6 Å². The van der Waals surface area contributed by atoms with Gasteiger partial charge in [0.15, 0.2) is 0 Å². The molecule has 0 aliphatic heterocycles. The fourth-order valence-electron chi connectivity index (χ4n) is 1.59. The average molecular weight is 281 g/mol. The third-order valence-corrected chi connectivity index (χ3v) is 3.59. The molecule has 2 aromatic rings. The van der Waals surface area contributed by atoms with E-state index in [9.17, 15) is 9.18 Å². The van der Waals surface area contributed by atoms with E-state index in [1.807, 2.05) is 13.8 Å². The molecule has 102 valence electrons. The highest BCUT2D eigenvalue weighted by atomic mass is 32.2. The quantitative estimate of drug-likeness (QED) is 0.885. The van der Waals surface area contributed by atoms with Gasteiger partial charge in [0.25, 0.3) is 0 Å². The van der Waals surface area contributed by atoms with Gasteiger partial charge in [0, 0.05) is 0 Å². The van der Waals surface area contributed by atoms with Crippen LogP contribution in [0.5, 0.6) is 0 Å². The molecule has 2 N–H and O–H groups in total. The topological polar surface area (TPSA) is 57.8 Å². The summed E-state index contributed by atoms with van der Waals surface area (Å²) in [7, 11) is 0. The van der Waals surface area contributed by atoms with Crippen molar-refractivity contribution >= 4 is 28.7 Å². The molecule has 0 saturated carbocycles. The van der Waals surface area contributed by atoms with Crippen LogP contribution in [0.25, 0.3) is 11.0 Å². The van der Waals surface area contributed by atoms with Crippen LogP contribution in [0.15, 0.2) is 18.2 Å². The summed E-state index contributed by atoms with van der Waals surface area (Å²) in [5.41, 5.74) is 1.34. The van der Waals surface area contributed by atoms with Crippen molar-refractivity contribution in [3.05, 3.63) is 29.8 Å². The van der Waals surface area contributed by atoms with Crippen LogP contribution in [0.4, 0.5) is 4.39 Å². The Kier molecular flexibility index (Phi) is 4.42. The number of amides is 1. The number of nitrogens with zero attached hydrogens (tertiary/aromatic N) is 1. The van der Waals surface area contributed by atoms with Gasteiger partial charge in [-0.05, 0) is 23.4 Å². The Balaban J connectivity index is 1.92. The number of hydrogen-bond acceptors (Lipinski definition) is 3. The van der Waals surface area contributed by atoms with Gasteiger partial charge in [-0.3, -0.25) is 4.79 Å². The number of halogens is 1. The van der Waals surface area contributed by atoms with Crippen LogP contribution in [0.1, 0.15) is 19.7 Å². The number of rotatable bonds is 5. The Morgan fingerprint density at radius 1 is 1.53 bits per heavy atom. The minimum Gasteiger partial charge on any atom is -0.348 e. The zero-order chi connectivity index (χ0) is 13.8. The first kappa shape index (κ1) is 13.9. The molecule has 0 fully saturated rings. The maximum atomic E-state index is 13.0. The molecule has 4 nitrogen and oxygen atoms in total. The number of benzene rings is 1.